The Hall–Kier alpha value is -1.11. The second kappa shape index (κ2) is 5.90. The smallest absolute Gasteiger partial charge is 0.240 e. The second-order valence-corrected chi connectivity index (χ2v) is 6.68. The molecule has 1 unspecified atom stereocenters. The Labute approximate surface area is 115 Å². The van der Waals surface area contributed by atoms with Crippen molar-refractivity contribution in [3.05, 3.63) is 24.3 Å². The van der Waals surface area contributed by atoms with E-state index in [0.717, 1.165) is 25.2 Å². The summed E-state index contributed by atoms with van der Waals surface area (Å²) < 4.78 is 26.1. The standard InChI is InChI=1S/C13H21N3O2S/c1-3-14-19(17,18)13-6-4-11(5-7-13)15-12-8-9-16(2)10-12/h4-7,12,14-15H,3,8-10H2,1-2H3. The monoisotopic (exact) mass is 283 g/mol. The zero-order chi connectivity index (χ0) is 13.9. The van der Waals surface area contributed by atoms with E-state index in [1.54, 1.807) is 19.1 Å². The van der Waals surface area contributed by atoms with E-state index in [2.05, 4.69) is 22.0 Å². The van der Waals surface area contributed by atoms with Crippen LogP contribution in [0.4, 0.5) is 5.69 Å². The summed E-state index contributed by atoms with van der Waals surface area (Å²) in [4.78, 5) is 2.59. The molecule has 1 aliphatic rings. The number of likely N-dealkylation sites (N-methyl/N-ethyl adjacent to an activating group) is 1. The van der Waals surface area contributed by atoms with Crippen LogP contribution in [0, 0.1) is 0 Å². The highest BCUT2D eigenvalue weighted by molar-refractivity contribution is 7.89. The summed E-state index contributed by atoms with van der Waals surface area (Å²) in [6.45, 7) is 4.29. The van der Waals surface area contributed by atoms with Crippen molar-refractivity contribution >= 4 is 15.7 Å². The van der Waals surface area contributed by atoms with Gasteiger partial charge in [0.2, 0.25) is 10.0 Å². The maximum atomic E-state index is 11.8. The summed E-state index contributed by atoms with van der Waals surface area (Å²) in [7, 11) is -1.24. The number of anilines is 1. The first kappa shape index (κ1) is 14.3. The zero-order valence-corrected chi connectivity index (χ0v) is 12.2. The summed E-state index contributed by atoms with van der Waals surface area (Å²) in [6, 6.07) is 7.37. The van der Waals surface area contributed by atoms with Gasteiger partial charge in [-0.2, -0.15) is 0 Å². The number of rotatable bonds is 5. The molecule has 1 aromatic carbocycles. The number of hydrogen-bond acceptors (Lipinski definition) is 4. The van der Waals surface area contributed by atoms with E-state index in [0.29, 0.717) is 17.5 Å². The lowest BCUT2D eigenvalue weighted by Gasteiger charge is -2.14. The van der Waals surface area contributed by atoms with Crippen LogP contribution in [0.15, 0.2) is 29.2 Å². The van der Waals surface area contributed by atoms with Crippen molar-refractivity contribution in [2.45, 2.75) is 24.3 Å². The van der Waals surface area contributed by atoms with E-state index < -0.39 is 10.0 Å². The van der Waals surface area contributed by atoms with Crippen LogP contribution in [0.25, 0.3) is 0 Å². The lowest BCUT2D eigenvalue weighted by atomic mass is 10.2. The third kappa shape index (κ3) is 3.68. The van der Waals surface area contributed by atoms with Gasteiger partial charge in [0, 0.05) is 24.8 Å². The molecule has 106 valence electrons. The molecule has 2 N–H and O–H groups in total. The molecule has 0 amide bonds. The molecule has 0 aromatic heterocycles. The minimum atomic E-state index is -3.35. The molecule has 0 radical (unpaired) electrons. The normalized spacial score (nSPS) is 20.6. The number of hydrogen-bond donors (Lipinski definition) is 2. The molecular weight excluding hydrogens is 262 g/mol. The highest BCUT2D eigenvalue weighted by Crippen LogP contribution is 2.17. The zero-order valence-electron chi connectivity index (χ0n) is 11.4. The summed E-state index contributed by atoms with van der Waals surface area (Å²) in [5.74, 6) is 0. The first-order valence-electron chi connectivity index (χ1n) is 6.56. The maximum Gasteiger partial charge on any atom is 0.240 e. The van der Waals surface area contributed by atoms with Crippen molar-refractivity contribution in [3.8, 4) is 0 Å². The third-order valence-corrected chi connectivity index (χ3v) is 4.82. The Morgan fingerprint density at radius 1 is 1.32 bits per heavy atom. The van der Waals surface area contributed by atoms with Gasteiger partial charge in [0.05, 0.1) is 4.90 Å². The van der Waals surface area contributed by atoms with Gasteiger partial charge in [-0.25, -0.2) is 13.1 Å². The van der Waals surface area contributed by atoms with Gasteiger partial charge in [-0.15, -0.1) is 0 Å². The molecule has 1 heterocycles. The average Bonchev–Trinajstić information content (AvgIpc) is 2.75. The van der Waals surface area contributed by atoms with Crippen molar-refractivity contribution in [2.75, 3.05) is 32.0 Å². The van der Waals surface area contributed by atoms with Crippen LogP contribution >= 0.6 is 0 Å². The summed E-state index contributed by atoms with van der Waals surface area (Å²) >= 11 is 0. The highest BCUT2D eigenvalue weighted by Gasteiger charge is 2.19. The molecule has 0 bridgehead atoms. The molecule has 1 aromatic rings. The van der Waals surface area contributed by atoms with E-state index in [-0.39, 0.29) is 0 Å². The molecule has 1 aliphatic heterocycles. The fourth-order valence-electron chi connectivity index (χ4n) is 2.29. The van der Waals surface area contributed by atoms with E-state index in [4.69, 9.17) is 0 Å². The molecule has 0 spiro atoms. The molecule has 0 aliphatic carbocycles. The largest absolute Gasteiger partial charge is 0.381 e. The predicted molar refractivity (Wildman–Crippen MR) is 76.8 cm³/mol. The SMILES string of the molecule is CCNS(=O)(=O)c1ccc(NC2CCN(C)C2)cc1. The van der Waals surface area contributed by atoms with Crippen molar-refractivity contribution in [1.29, 1.82) is 0 Å². The number of nitrogens with one attached hydrogen (secondary N) is 2. The Balaban J connectivity index is 2.02. The Morgan fingerprint density at radius 3 is 2.53 bits per heavy atom. The topological polar surface area (TPSA) is 61.4 Å². The van der Waals surface area contributed by atoms with E-state index in [9.17, 15) is 8.42 Å². The molecule has 5 nitrogen and oxygen atoms in total. The van der Waals surface area contributed by atoms with Gasteiger partial charge in [0.1, 0.15) is 0 Å². The van der Waals surface area contributed by atoms with Gasteiger partial charge >= 0.3 is 0 Å². The summed E-state index contributed by atoms with van der Waals surface area (Å²) in [5.41, 5.74) is 0.968. The van der Waals surface area contributed by atoms with Gasteiger partial charge in [-0.1, -0.05) is 6.92 Å². The number of likely N-dealkylation sites (tertiary alicyclic amines) is 1. The van der Waals surface area contributed by atoms with Crippen molar-refractivity contribution in [1.82, 2.24) is 9.62 Å². The van der Waals surface area contributed by atoms with Crippen LogP contribution in [0.1, 0.15) is 13.3 Å². The minimum Gasteiger partial charge on any atom is -0.381 e. The molecule has 19 heavy (non-hydrogen) atoms. The second-order valence-electron chi connectivity index (χ2n) is 4.92. The summed E-state index contributed by atoms with van der Waals surface area (Å²) in [6.07, 6.45) is 1.12. The van der Waals surface area contributed by atoms with Crippen LogP contribution in [-0.4, -0.2) is 46.0 Å². The van der Waals surface area contributed by atoms with Gasteiger partial charge in [-0.3, -0.25) is 0 Å². The van der Waals surface area contributed by atoms with Gasteiger partial charge in [-0.05, 0) is 44.3 Å². The molecule has 2 rings (SSSR count). The quantitative estimate of drug-likeness (QED) is 0.849. The lowest BCUT2D eigenvalue weighted by Crippen LogP contribution is -2.24. The molecule has 0 saturated carbocycles. The first-order valence-corrected chi connectivity index (χ1v) is 8.04. The van der Waals surface area contributed by atoms with Gasteiger partial charge < -0.3 is 10.2 Å². The van der Waals surface area contributed by atoms with E-state index in [1.165, 1.54) is 0 Å². The maximum absolute atomic E-state index is 11.8. The molecule has 1 fully saturated rings. The predicted octanol–water partition coefficient (Wildman–Crippen LogP) is 1.10. The Morgan fingerprint density at radius 2 is 2.00 bits per heavy atom. The van der Waals surface area contributed by atoms with E-state index >= 15 is 0 Å². The van der Waals surface area contributed by atoms with Crippen molar-refractivity contribution < 1.29 is 8.42 Å². The van der Waals surface area contributed by atoms with Crippen LogP contribution in [-0.2, 0) is 10.0 Å². The highest BCUT2D eigenvalue weighted by atomic mass is 32.2. The Kier molecular flexibility index (Phi) is 4.44. The molecule has 1 saturated heterocycles. The van der Waals surface area contributed by atoms with Gasteiger partial charge in [0.15, 0.2) is 0 Å². The number of sulfonamides is 1. The fourth-order valence-corrected chi connectivity index (χ4v) is 3.33. The van der Waals surface area contributed by atoms with Crippen LogP contribution < -0.4 is 10.0 Å². The van der Waals surface area contributed by atoms with Crippen molar-refractivity contribution in [3.63, 3.8) is 0 Å². The molecular formula is C13H21N3O2S. The average molecular weight is 283 g/mol. The first-order chi connectivity index (χ1) is 9.01. The Bertz CT molecular complexity index is 513. The van der Waals surface area contributed by atoms with Crippen LogP contribution in [0.5, 0.6) is 0 Å². The van der Waals surface area contributed by atoms with Crippen LogP contribution in [0.2, 0.25) is 0 Å². The van der Waals surface area contributed by atoms with Gasteiger partial charge in [0.25, 0.3) is 0 Å². The summed E-state index contributed by atoms with van der Waals surface area (Å²) in [5, 5.41) is 3.43. The minimum absolute atomic E-state index is 0.309. The third-order valence-electron chi connectivity index (χ3n) is 3.26. The lowest BCUT2D eigenvalue weighted by molar-refractivity contribution is 0.414. The van der Waals surface area contributed by atoms with Crippen molar-refractivity contribution in [2.24, 2.45) is 0 Å². The number of benzene rings is 1. The fraction of sp³-hybridized carbons (Fsp3) is 0.538. The molecule has 6 heteroatoms. The van der Waals surface area contributed by atoms with E-state index in [1.807, 2.05) is 12.1 Å². The number of nitrogens with zero attached hydrogens (tertiary/aromatic N) is 1. The molecule has 1 atom stereocenters. The van der Waals surface area contributed by atoms with Crippen LogP contribution in [0.3, 0.4) is 0 Å².